The Labute approximate surface area is 173 Å². The number of carboxylic acid groups (broad SMARTS) is 1. The number of aliphatic carboxylic acids is 1. The number of rotatable bonds is 14. The molecule has 0 aromatic rings. The van der Waals surface area contributed by atoms with Gasteiger partial charge in [-0.05, 0) is 26.2 Å². The number of nitrogens with zero attached hydrogens (tertiary/aromatic N) is 1. The molecule has 0 fully saturated rings. The van der Waals surface area contributed by atoms with Crippen molar-refractivity contribution in [3.63, 3.8) is 0 Å². The summed E-state index contributed by atoms with van der Waals surface area (Å²) in [6, 6.07) is -3.17. The number of primary amides is 1. The van der Waals surface area contributed by atoms with Crippen LogP contribution in [0.4, 0.5) is 0 Å². The zero-order valence-electron chi connectivity index (χ0n) is 16.7. The predicted octanol–water partition coefficient (Wildman–Crippen LogP) is -4.18. The number of hydrogen-bond donors (Lipinski definition) is 8. The van der Waals surface area contributed by atoms with Gasteiger partial charge in [0.25, 0.3) is 0 Å². The third-order valence-corrected chi connectivity index (χ3v) is 3.78. The normalized spacial score (nSPS) is 13.3. The van der Waals surface area contributed by atoms with Crippen LogP contribution in [0.3, 0.4) is 0 Å². The molecule has 30 heavy (non-hydrogen) atoms. The second-order valence-corrected chi connectivity index (χ2v) is 6.46. The predicted molar refractivity (Wildman–Crippen MR) is 106 cm³/mol. The molecule has 0 aliphatic carbocycles. The molecule has 0 heterocycles. The quantitative estimate of drug-likeness (QED) is 0.0753. The lowest BCUT2D eigenvalue weighted by Gasteiger charge is -2.21. The fraction of sp³-hybridized carbons (Fsp3) is 0.625. The van der Waals surface area contributed by atoms with Gasteiger partial charge >= 0.3 is 5.97 Å². The summed E-state index contributed by atoms with van der Waals surface area (Å²) >= 11 is 0. The van der Waals surface area contributed by atoms with E-state index in [1.165, 1.54) is 6.92 Å². The van der Waals surface area contributed by atoms with Crippen LogP contribution >= 0.6 is 0 Å². The fourth-order valence-electron chi connectivity index (χ4n) is 2.17. The molecule has 3 atom stereocenters. The van der Waals surface area contributed by atoms with Crippen molar-refractivity contribution in [2.24, 2.45) is 27.9 Å². The van der Waals surface area contributed by atoms with Crippen molar-refractivity contribution >= 4 is 35.6 Å². The molecule has 0 aliphatic heterocycles. The Morgan fingerprint density at radius 3 is 2.13 bits per heavy atom. The molecule has 0 saturated carbocycles. The molecule has 4 amide bonds. The maximum atomic E-state index is 12.3. The van der Waals surface area contributed by atoms with Crippen LogP contribution in [0.5, 0.6) is 0 Å². The molecule has 12 N–H and O–H groups in total. The Kier molecular flexibility index (Phi) is 12.1. The lowest BCUT2D eigenvalue weighted by Crippen LogP contribution is -2.55. The van der Waals surface area contributed by atoms with E-state index >= 15 is 0 Å². The van der Waals surface area contributed by atoms with Gasteiger partial charge in [0.2, 0.25) is 23.6 Å². The van der Waals surface area contributed by atoms with Crippen LogP contribution in [0, 0.1) is 0 Å². The second-order valence-electron chi connectivity index (χ2n) is 6.46. The monoisotopic (exact) mass is 430 g/mol. The fourth-order valence-corrected chi connectivity index (χ4v) is 2.17. The molecular formula is C16H30N8O6. The summed E-state index contributed by atoms with van der Waals surface area (Å²) < 4.78 is 0. The summed E-state index contributed by atoms with van der Waals surface area (Å²) in [4.78, 5) is 61.8. The summed E-state index contributed by atoms with van der Waals surface area (Å²) in [5, 5.41) is 15.5. The number of carboxylic acids is 1. The van der Waals surface area contributed by atoms with Crippen molar-refractivity contribution in [3.05, 3.63) is 0 Å². The van der Waals surface area contributed by atoms with E-state index in [4.69, 9.17) is 28.0 Å². The molecular weight excluding hydrogens is 400 g/mol. The molecule has 0 rings (SSSR count). The van der Waals surface area contributed by atoms with Gasteiger partial charge in [-0.3, -0.25) is 29.0 Å². The molecule has 3 unspecified atom stereocenters. The third-order valence-electron chi connectivity index (χ3n) is 3.78. The minimum atomic E-state index is -1.28. The molecule has 14 heteroatoms. The standard InChI is InChI=1S/C16H30N8O6/c1-8(23-14(29)9(17)3-2-6-21-16(19)20)13(28)24-10(4-5-11(18)25)15(30)22-7-12(26)27/h8-10H,2-7,17H2,1H3,(H2,18,25)(H,22,30)(H,23,29)(H,24,28)(H,26,27)(H4,19,20,21). The Hall–Kier alpha value is -3.42. The zero-order valence-corrected chi connectivity index (χ0v) is 16.7. The molecule has 0 aromatic heterocycles. The largest absolute Gasteiger partial charge is 0.480 e. The average Bonchev–Trinajstić information content (AvgIpc) is 2.65. The van der Waals surface area contributed by atoms with E-state index in [0.29, 0.717) is 13.0 Å². The van der Waals surface area contributed by atoms with Gasteiger partial charge < -0.3 is 44.0 Å². The number of nitrogens with one attached hydrogen (secondary N) is 3. The highest BCUT2D eigenvalue weighted by Gasteiger charge is 2.26. The number of guanidine groups is 1. The van der Waals surface area contributed by atoms with Crippen molar-refractivity contribution in [1.29, 1.82) is 0 Å². The van der Waals surface area contributed by atoms with Gasteiger partial charge in [-0.25, -0.2) is 0 Å². The first kappa shape index (κ1) is 26.6. The molecule has 0 spiro atoms. The summed E-state index contributed by atoms with van der Waals surface area (Å²) in [6.45, 7) is 1.01. The van der Waals surface area contributed by atoms with Gasteiger partial charge in [0.1, 0.15) is 18.6 Å². The highest BCUT2D eigenvalue weighted by molar-refractivity contribution is 5.93. The SMILES string of the molecule is CC(NC(=O)C(N)CCCN=C(N)N)C(=O)NC(CCC(N)=O)C(=O)NCC(=O)O. The van der Waals surface area contributed by atoms with Crippen LogP contribution in [0.1, 0.15) is 32.6 Å². The number of aliphatic imine (C=N–C) groups is 1. The Balaban J connectivity index is 4.74. The minimum Gasteiger partial charge on any atom is -0.480 e. The van der Waals surface area contributed by atoms with Gasteiger partial charge in [0, 0.05) is 13.0 Å². The van der Waals surface area contributed by atoms with E-state index < -0.39 is 54.3 Å². The summed E-state index contributed by atoms with van der Waals surface area (Å²) in [5.41, 5.74) is 21.2. The number of nitrogens with two attached hydrogens (primary N) is 4. The van der Waals surface area contributed by atoms with Crippen LogP contribution in [0.2, 0.25) is 0 Å². The highest BCUT2D eigenvalue weighted by atomic mass is 16.4. The molecule has 0 radical (unpaired) electrons. The van der Waals surface area contributed by atoms with Crippen molar-refractivity contribution in [2.75, 3.05) is 13.1 Å². The molecule has 0 bridgehead atoms. The first-order chi connectivity index (χ1) is 13.9. The van der Waals surface area contributed by atoms with Gasteiger partial charge in [-0.2, -0.15) is 0 Å². The summed E-state index contributed by atoms with van der Waals surface area (Å²) in [5.74, 6) is -4.17. The first-order valence-electron chi connectivity index (χ1n) is 9.13. The van der Waals surface area contributed by atoms with Crippen LogP contribution in [-0.4, -0.2) is 71.9 Å². The summed E-state index contributed by atoms with van der Waals surface area (Å²) in [6.07, 6.45) is 0.367. The highest BCUT2D eigenvalue weighted by Crippen LogP contribution is 2.00. The van der Waals surface area contributed by atoms with Crippen molar-refractivity contribution in [3.8, 4) is 0 Å². The lowest BCUT2D eigenvalue weighted by atomic mass is 10.1. The number of carbonyl (C=O) groups excluding carboxylic acids is 4. The van der Waals surface area contributed by atoms with Crippen LogP contribution in [-0.2, 0) is 24.0 Å². The number of amides is 4. The molecule has 14 nitrogen and oxygen atoms in total. The number of hydrogen-bond acceptors (Lipinski definition) is 7. The van der Waals surface area contributed by atoms with Gasteiger partial charge in [0.05, 0.1) is 6.04 Å². The lowest BCUT2D eigenvalue weighted by molar-refractivity contribution is -0.138. The van der Waals surface area contributed by atoms with Gasteiger partial charge in [-0.1, -0.05) is 0 Å². The number of carbonyl (C=O) groups is 5. The molecule has 170 valence electrons. The second kappa shape index (κ2) is 13.7. The minimum absolute atomic E-state index is 0.0726. The molecule has 0 saturated heterocycles. The van der Waals surface area contributed by atoms with Gasteiger partial charge in [0.15, 0.2) is 5.96 Å². The van der Waals surface area contributed by atoms with Crippen molar-refractivity contribution in [2.45, 2.75) is 50.7 Å². The van der Waals surface area contributed by atoms with E-state index in [2.05, 4.69) is 20.9 Å². The van der Waals surface area contributed by atoms with Crippen LogP contribution in [0.25, 0.3) is 0 Å². The van der Waals surface area contributed by atoms with E-state index in [0.717, 1.165) is 0 Å². The smallest absolute Gasteiger partial charge is 0.322 e. The Bertz CT molecular complexity index is 664. The molecule has 0 aliphatic rings. The van der Waals surface area contributed by atoms with Crippen LogP contribution in [0.15, 0.2) is 4.99 Å². The maximum Gasteiger partial charge on any atom is 0.322 e. The topological polar surface area (TPSA) is 258 Å². The van der Waals surface area contributed by atoms with Crippen molar-refractivity contribution in [1.82, 2.24) is 16.0 Å². The van der Waals surface area contributed by atoms with E-state index in [1.54, 1.807) is 0 Å². The summed E-state index contributed by atoms with van der Waals surface area (Å²) in [7, 11) is 0. The first-order valence-corrected chi connectivity index (χ1v) is 9.13. The average molecular weight is 430 g/mol. The Morgan fingerprint density at radius 1 is 0.967 bits per heavy atom. The van der Waals surface area contributed by atoms with Gasteiger partial charge in [-0.15, -0.1) is 0 Å². The maximum absolute atomic E-state index is 12.3. The van der Waals surface area contributed by atoms with E-state index in [-0.39, 0.29) is 25.2 Å². The zero-order chi connectivity index (χ0) is 23.3. The molecule has 0 aromatic carbocycles. The van der Waals surface area contributed by atoms with Crippen LogP contribution < -0.4 is 38.9 Å². The third kappa shape index (κ3) is 12.1. The Morgan fingerprint density at radius 2 is 1.60 bits per heavy atom. The van der Waals surface area contributed by atoms with E-state index in [1.807, 2.05) is 0 Å². The van der Waals surface area contributed by atoms with Crippen molar-refractivity contribution < 1.29 is 29.1 Å². The van der Waals surface area contributed by atoms with E-state index in [9.17, 15) is 24.0 Å².